The van der Waals surface area contributed by atoms with Crippen LogP contribution < -0.4 is 19.8 Å². The van der Waals surface area contributed by atoms with E-state index in [9.17, 15) is 14.4 Å². The Morgan fingerprint density at radius 3 is 2.48 bits per heavy atom. The van der Waals surface area contributed by atoms with Crippen molar-refractivity contribution in [1.82, 2.24) is 4.98 Å². The molecule has 1 amide bonds. The maximum Gasteiger partial charge on any atom is 0.252 e. The predicted octanol–water partition coefficient (Wildman–Crippen LogP) is 6.27. The number of benzene rings is 2. The Morgan fingerprint density at radius 1 is 1.18 bits per heavy atom. The van der Waals surface area contributed by atoms with Gasteiger partial charge in [-0.2, -0.15) is 5.26 Å². The summed E-state index contributed by atoms with van der Waals surface area (Å²) in [4.78, 5) is 20.7. The molecular weight excluding hydrogens is 571 g/mol. The summed E-state index contributed by atoms with van der Waals surface area (Å²) in [5.41, 5.74) is 10.3. The molecule has 1 aliphatic rings. The van der Waals surface area contributed by atoms with E-state index in [0.29, 0.717) is 41.4 Å². The van der Waals surface area contributed by atoms with Crippen LogP contribution in [0.15, 0.2) is 48.5 Å². The van der Waals surface area contributed by atoms with Gasteiger partial charge in [0.15, 0.2) is 0 Å². The molecule has 0 saturated heterocycles. The number of nitriles is 1. The monoisotopic (exact) mass is 612 g/mol. The predicted molar refractivity (Wildman–Crippen MR) is 174 cm³/mol. The number of rotatable bonds is 9. The van der Waals surface area contributed by atoms with Crippen molar-refractivity contribution in [3.8, 4) is 30.0 Å². The quantitative estimate of drug-likeness (QED) is 0.226. The first-order chi connectivity index (χ1) is 20.6. The lowest BCUT2D eigenvalue weighted by Gasteiger charge is -2.36. The molecular formula is C35H41FN4O3Si. The van der Waals surface area contributed by atoms with Crippen LogP contribution in [0.25, 0.3) is 0 Å². The summed E-state index contributed by atoms with van der Waals surface area (Å²) in [6.07, 6.45) is 5.90. The molecule has 44 heavy (non-hydrogen) atoms. The van der Waals surface area contributed by atoms with Crippen molar-refractivity contribution in [2.45, 2.75) is 77.0 Å². The van der Waals surface area contributed by atoms with Gasteiger partial charge >= 0.3 is 0 Å². The maximum absolute atomic E-state index is 13.9. The van der Waals surface area contributed by atoms with E-state index in [1.54, 1.807) is 35.2 Å². The molecule has 7 nitrogen and oxygen atoms in total. The second-order valence-electron chi connectivity index (χ2n) is 13.5. The number of hydrogen-bond donors (Lipinski definition) is 1. The first-order valence-electron chi connectivity index (χ1n) is 14.7. The van der Waals surface area contributed by atoms with Gasteiger partial charge in [0.25, 0.3) is 8.32 Å². The maximum atomic E-state index is 13.9. The van der Waals surface area contributed by atoms with Crippen LogP contribution in [0.4, 0.5) is 10.1 Å². The summed E-state index contributed by atoms with van der Waals surface area (Å²) in [6, 6.07) is 14.7. The molecule has 2 aromatic carbocycles. The fourth-order valence-electron chi connectivity index (χ4n) is 4.99. The summed E-state index contributed by atoms with van der Waals surface area (Å²) in [7, 11) is -2.27. The lowest BCUT2D eigenvalue weighted by atomic mass is 9.91. The van der Waals surface area contributed by atoms with Crippen LogP contribution in [0.3, 0.4) is 0 Å². The Balaban J connectivity index is 1.70. The van der Waals surface area contributed by atoms with Crippen LogP contribution in [-0.4, -0.2) is 38.4 Å². The molecule has 0 fully saturated rings. The Kier molecular flexibility index (Phi) is 9.25. The number of ether oxygens (including phenoxy) is 1. The zero-order valence-electron chi connectivity index (χ0n) is 26.6. The fourth-order valence-corrected chi connectivity index (χ4v) is 5.96. The van der Waals surface area contributed by atoms with Crippen molar-refractivity contribution in [2.75, 3.05) is 18.1 Å². The average molecular weight is 613 g/mol. The van der Waals surface area contributed by atoms with Crippen molar-refractivity contribution in [3.05, 3.63) is 82.3 Å². The minimum Gasteiger partial charge on any atom is -0.530 e. The van der Waals surface area contributed by atoms with Gasteiger partial charge in [-0.05, 0) is 66.0 Å². The van der Waals surface area contributed by atoms with Crippen molar-refractivity contribution in [3.63, 3.8) is 0 Å². The van der Waals surface area contributed by atoms with Crippen molar-refractivity contribution >= 4 is 19.9 Å². The average Bonchev–Trinajstić information content (AvgIpc) is 3.21. The van der Waals surface area contributed by atoms with Crippen molar-refractivity contribution in [1.29, 1.82) is 5.26 Å². The third-order valence-corrected chi connectivity index (χ3v) is 12.9. The molecule has 9 heteroatoms. The Morgan fingerprint density at radius 2 is 1.86 bits per heavy atom. The number of nitrogens with two attached hydrogens (primary N) is 1. The number of amides is 1. The normalized spacial score (nSPS) is 14.8. The molecule has 0 saturated carbocycles. The van der Waals surface area contributed by atoms with Gasteiger partial charge in [-0.15, -0.1) is 6.42 Å². The van der Waals surface area contributed by atoms with Gasteiger partial charge in [-0.25, -0.2) is 9.37 Å². The summed E-state index contributed by atoms with van der Waals surface area (Å²) in [5.74, 6) is 2.87. The van der Waals surface area contributed by atoms with Crippen LogP contribution >= 0.6 is 0 Å². The van der Waals surface area contributed by atoms with Gasteiger partial charge < -0.3 is 19.8 Å². The summed E-state index contributed by atoms with van der Waals surface area (Å²) >= 11 is 0. The number of carbonyl (C=O) groups excluding carboxylic acids is 1. The van der Waals surface area contributed by atoms with Crippen LogP contribution in [-0.2, 0) is 23.1 Å². The molecule has 0 bridgehead atoms. The largest absolute Gasteiger partial charge is 0.530 e. The second kappa shape index (κ2) is 12.4. The van der Waals surface area contributed by atoms with Crippen LogP contribution in [0.5, 0.6) is 11.6 Å². The van der Waals surface area contributed by atoms with Gasteiger partial charge in [0.2, 0.25) is 11.8 Å². The number of anilines is 1. The molecule has 3 aromatic rings. The van der Waals surface area contributed by atoms with Crippen LogP contribution in [0.1, 0.15) is 62.6 Å². The van der Waals surface area contributed by atoms with Gasteiger partial charge in [-0.3, -0.25) is 4.79 Å². The van der Waals surface area contributed by atoms with Gasteiger partial charge in [-0.1, -0.05) is 58.7 Å². The number of hydrogen-bond acceptors (Lipinski definition) is 6. The molecule has 0 radical (unpaired) electrons. The van der Waals surface area contributed by atoms with E-state index in [1.807, 2.05) is 6.07 Å². The first kappa shape index (κ1) is 32.7. The smallest absolute Gasteiger partial charge is 0.252 e. The third-order valence-electron chi connectivity index (χ3n) is 8.54. The molecule has 230 valence electrons. The molecule has 1 aromatic heterocycles. The SMILES string of the molecule is C#CCOc1ccc(C[C@H](N)C(=O)N2CC(C)(C)c3nc(O[Si](C)(C)C(C)(C)C)c(Cc4ccc(F)cc4)cc32)c(C#N)c1. The number of nitrogens with zero attached hydrogens (tertiary/aromatic N) is 3. The number of terminal acetylenes is 1. The fraction of sp³-hybridized carbons (Fsp3) is 0.400. The van der Waals surface area contributed by atoms with Crippen LogP contribution in [0.2, 0.25) is 18.1 Å². The van der Waals surface area contributed by atoms with Crippen molar-refractivity contribution in [2.24, 2.45) is 5.73 Å². The molecule has 0 unspecified atom stereocenters. The molecule has 1 aliphatic heterocycles. The number of halogens is 1. The summed E-state index contributed by atoms with van der Waals surface area (Å²) < 4.78 is 25.9. The molecule has 1 atom stereocenters. The van der Waals surface area contributed by atoms with Gasteiger partial charge in [0.05, 0.1) is 29.1 Å². The zero-order chi connectivity index (χ0) is 32.4. The topological polar surface area (TPSA) is 101 Å². The highest BCUT2D eigenvalue weighted by Gasteiger charge is 2.44. The Labute approximate surface area is 261 Å². The summed E-state index contributed by atoms with van der Waals surface area (Å²) in [5, 5.41) is 9.68. The molecule has 2 N–H and O–H groups in total. The highest BCUT2D eigenvalue weighted by molar-refractivity contribution is 6.74. The highest BCUT2D eigenvalue weighted by Crippen LogP contribution is 2.44. The summed E-state index contributed by atoms with van der Waals surface area (Å²) in [6.45, 7) is 15.5. The van der Waals surface area contributed by atoms with E-state index in [4.69, 9.17) is 26.3 Å². The van der Waals surface area contributed by atoms with E-state index in [1.165, 1.54) is 12.1 Å². The van der Waals surface area contributed by atoms with E-state index in [0.717, 1.165) is 16.8 Å². The third kappa shape index (κ3) is 6.96. The van der Waals surface area contributed by atoms with Gasteiger partial charge in [0, 0.05) is 23.9 Å². The first-order valence-corrected chi connectivity index (χ1v) is 17.6. The van der Waals surface area contributed by atoms with E-state index in [-0.39, 0.29) is 29.8 Å². The molecule has 2 heterocycles. The van der Waals surface area contributed by atoms with E-state index in [2.05, 4.69) is 59.7 Å². The minimum atomic E-state index is -2.27. The molecule has 0 aliphatic carbocycles. The second-order valence-corrected chi connectivity index (χ2v) is 18.3. The Hall–Kier alpha value is -4.18. The lowest BCUT2D eigenvalue weighted by Crippen LogP contribution is -2.46. The minimum absolute atomic E-state index is 0.0565. The zero-order valence-corrected chi connectivity index (χ0v) is 27.6. The molecule has 4 rings (SSSR count). The van der Waals surface area contributed by atoms with E-state index >= 15 is 0 Å². The van der Waals surface area contributed by atoms with E-state index < -0.39 is 19.8 Å². The lowest BCUT2D eigenvalue weighted by molar-refractivity contribution is -0.119. The van der Waals surface area contributed by atoms with Crippen LogP contribution in [0, 0.1) is 29.5 Å². The Bertz CT molecular complexity index is 1630. The number of pyridine rings is 1. The molecule has 0 spiro atoms. The standard InChI is InChI=1S/C35H41FN4O3Si/c1-9-16-42-28-15-12-24(26(18-28)21-37)19-29(38)33(41)40-22-35(5,6)31-30(40)20-25(17-23-10-13-27(36)14-11-23)32(39-31)43-44(7,8)34(2,3)4/h1,10-15,18,20,29H,16-17,19,22,38H2,2-8H3/t29-/m0/s1. The van der Waals surface area contributed by atoms with Crippen molar-refractivity contribution < 1.29 is 18.3 Å². The number of fused-ring (bicyclic) bond motifs is 1. The highest BCUT2D eigenvalue weighted by atomic mass is 28.4. The number of aromatic nitrogens is 1. The van der Waals surface area contributed by atoms with Gasteiger partial charge in [0.1, 0.15) is 18.2 Å². The number of carbonyl (C=O) groups is 1.